The van der Waals surface area contributed by atoms with E-state index >= 15 is 0 Å². The molecule has 6 nitrogen and oxygen atoms in total. The minimum atomic E-state index is -0.998. The first-order valence-electron chi connectivity index (χ1n) is 5.60. The molecule has 0 spiro atoms. The average Bonchev–Trinajstić information content (AvgIpc) is 2.41. The molecule has 0 saturated heterocycles. The van der Waals surface area contributed by atoms with Gasteiger partial charge in [0.1, 0.15) is 0 Å². The third kappa shape index (κ3) is 9.59. The van der Waals surface area contributed by atoms with Gasteiger partial charge in [-0.3, -0.25) is 0 Å². The van der Waals surface area contributed by atoms with Crippen molar-refractivity contribution in [1.82, 2.24) is 0 Å². The number of hydrogen-bond acceptors (Lipinski definition) is 8. The van der Waals surface area contributed by atoms with Crippen molar-refractivity contribution < 1.29 is 17.2 Å². The molecule has 19 heavy (non-hydrogen) atoms. The SMILES string of the molecule is CSCC[C@H](N)C(=O)O[Se]OC(=O)[C@@H](N)CCSC. The Morgan fingerprint density at radius 2 is 1.37 bits per heavy atom. The van der Waals surface area contributed by atoms with Crippen molar-refractivity contribution >= 4 is 51.1 Å². The second-order valence-corrected chi connectivity index (χ2v) is 6.60. The average molecular weight is 375 g/mol. The molecule has 0 heterocycles. The van der Waals surface area contributed by atoms with E-state index in [0.29, 0.717) is 12.8 Å². The van der Waals surface area contributed by atoms with Crippen LogP contribution in [0.1, 0.15) is 12.8 Å². The number of thioether (sulfide) groups is 2. The number of carbonyl (C=O) groups excluding carboxylic acids is 2. The van der Waals surface area contributed by atoms with E-state index in [1.807, 2.05) is 12.5 Å². The van der Waals surface area contributed by atoms with Gasteiger partial charge in [-0.15, -0.1) is 0 Å². The Bertz CT molecular complexity index is 258. The molecule has 0 aliphatic rings. The molecule has 0 aliphatic heterocycles. The van der Waals surface area contributed by atoms with E-state index in [-0.39, 0.29) is 0 Å². The topological polar surface area (TPSA) is 105 Å². The van der Waals surface area contributed by atoms with E-state index in [1.165, 1.54) is 0 Å². The van der Waals surface area contributed by atoms with Crippen molar-refractivity contribution in [3.8, 4) is 0 Å². The van der Waals surface area contributed by atoms with Gasteiger partial charge in [0.15, 0.2) is 0 Å². The molecule has 0 saturated carbocycles. The third-order valence-corrected chi connectivity index (χ3v) is 4.37. The first kappa shape index (κ1) is 19.1. The fourth-order valence-corrected chi connectivity index (χ4v) is 2.78. The Hall–Kier alpha value is 0.0795. The molecule has 0 aromatic carbocycles. The second-order valence-electron chi connectivity index (χ2n) is 3.65. The van der Waals surface area contributed by atoms with Crippen LogP contribution in [0.4, 0.5) is 0 Å². The van der Waals surface area contributed by atoms with Gasteiger partial charge in [-0.25, -0.2) is 0 Å². The van der Waals surface area contributed by atoms with Crippen LogP contribution in [0.5, 0.6) is 0 Å². The molecule has 0 radical (unpaired) electrons. The molecular weight excluding hydrogens is 355 g/mol. The summed E-state index contributed by atoms with van der Waals surface area (Å²) in [6, 6.07) is -1.34. The van der Waals surface area contributed by atoms with Gasteiger partial charge in [-0.05, 0) is 0 Å². The maximum atomic E-state index is 11.4. The first-order chi connectivity index (χ1) is 9.02. The summed E-state index contributed by atoms with van der Waals surface area (Å²) in [6.07, 6.45) is 4.94. The van der Waals surface area contributed by atoms with Crippen LogP contribution in [0.3, 0.4) is 0 Å². The molecule has 0 unspecified atom stereocenters. The predicted octanol–water partition coefficient (Wildman–Crippen LogP) is -0.232. The fraction of sp³-hybridized carbons (Fsp3) is 0.800. The van der Waals surface area contributed by atoms with Crippen LogP contribution >= 0.6 is 23.5 Å². The Kier molecular flexibility index (Phi) is 11.9. The van der Waals surface area contributed by atoms with Crippen LogP contribution in [-0.2, 0) is 17.2 Å². The van der Waals surface area contributed by atoms with Gasteiger partial charge in [0.05, 0.1) is 0 Å². The standard InChI is InChI=1S/C10H20N2O4S2Se/c1-17-5-3-7(11)9(13)15-19-16-10(14)8(12)4-6-18-2/h7-8H,3-6,11-12H2,1-2H3/t7-,8-/m0/s1. The number of hydrogen-bond donors (Lipinski definition) is 2. The zero-order valence-corrected chi connectivity index (χ0v) is 14.3. The molecule has 0 rings (SSSR count). The summed E-state index contributed by atoms with van der Waals surface area (Å²) in [5.41, 5.74) is 11.2. The van der Waals surface area contributed by atoms with Crippen molar-refractivity contribution in [2.45, 2.75) is 24.9 Å². The van der Waals surface area contributed by atoms with Crippen LogP contribution < -0.4 is 11.5 Å². The van der Waals surface area contributed by atoms with E-state index in [2.05, 4.69) is 0 Å². The van der Waals surface area contributed by atoms with Crippen LogP contribution in [0, 0.1) is 0 Å². The summed E-state index contributed by atoms with van der Waals surface area (Å²) < 4.78 is 9.62. The first-order valence-corrected chi connectivity index (χ1v) is 9.79. The Morgan fingerprint density at radius 3 is 1.68 bits per heavy atom. The van der Waals surface area contributed by atoms with Crippen molar-refractivity contribution in [3.05, 3.63) is 0 Å². The van der Waals surface area contributed by atoms with Crippen LogP contribution in [0.2, 0.25) is 0 Å². The zero-order chi connectivity index (χ0) is 14.7. The minimum absolute atomic E-state index is 0.539. The number of carbonyl (C=O) groups is 2. The van der Waals surface area contributed by atoms with Crippen molar-refractivity contribution in [2.75, 3.05) is 24.0 Å². The van der Waals surface area contributed by atoms with Crippen molar-refractivity contribution in [3.63, 3.8) is 0 Å². The van der Waals surface area contributed by atoms with E-state index in [1.54, 1.807) is 23.5 Å². The summed E-state index contributed by atoms with van der Waals surface area (Å²) >= 11 is 2.20. The normalized spacial score (nSPS) is 13.7. The fourth-order valence-electron chi connectivity index (χ4n) is 0.933. The molecule has 112 valence electrons. The van der Waals surface area contributed by atoms with Gasteiger partial charge in [0, 0.05) is 0 Å². The van der Waals surface area contributed by atoms with Crippen molar-refractivity contribution in [1.29, 1.82) is 0 Å². The molecule has 0 aliphatic carbocycles. The molecular formula is C10H20N2O4S2Se. The molecule has 0 aromatic heterocycles. The zero-order valence-electron chi connectivity index (χ0n) is 11.0. The molecule has 9 heteroatoms. The van der Waals surface area contributed by atoms with Gasteiger partial charge in [0.25, 0.3) is 0 Å². The van der Waals surface area contributed by atoms with Gasteiger partial charge >= 0.3 is 129 Å². The van der Waals surface area contributed by atoms with E-state index in [9.17, 15) is 9.59 Å². The van der Waals surface area contributed by atoms with Gasteiger partial charge in [-0.1, -0.05) is 0 Å². The van der Waals surface area contributed by atoms with E-state index in [0.717, 1.165) is 11.5 Å². The van der Waals surface area contributed by atoms with Crippen LogP contribution in [0.25, 0.3) is 0 Å². The van der Waals surface area contributed by atoms with Gasteiger partial charge in [-0.2, -0.15) is 0 Å². The molecule has 4 N–H and O–H groups in total. The Morgan fingerprint density at radius 1 is 1.00 bits per heavy atom. The maximum absolute atomic E-state index is 11.4. The molecule has 0 amide bonds. The van der Waals surface area contributed by atoms with E-state index < -0.39 is 39.6 Å². The summed E-state index contributed by atoms with van der Waals surface area (Å²) in [4.78, 5) is 22.8. The summed E-state index contributed by atoms with van der Waals surface area (Å²) in [6.45, 7) is 0. The molecule has 2 atom stereocenters. The second kappa shape index (κ2) is 11.9. The van der Waals surface area contributed by atoms with Crippen LogP contribution in [0.15, 0.2) is 0 Å². The molecule has 0 fully saturated rings. The molecule has 0 bridgehead atoms. The summed E-state index contributed by atoms with van der Waals surface area (Å²) in [7, 11) is 0. The molecule has 0 aromatic rings. The monoisotopic (exact) mass is 376 g/mol. The summed E-state index contributed by atoms with van der Waals surface area (Å²) in [5, 5.41) is 0. The predicted molar refractivity (Wildman–Crippen MR) is 79.9 cm³/mol. The number of rotatable bonds is 10. The Balaban J connectivity index is 3.77. The Labute approximate surface area is 128 Å². The van der Waals surface area contributed by atoms with Gasteiger partial charge in [0.2, 0.25) is 0 Å². The van der Waals surface area contributed by atoms with Gasteiger partial charge < -0.3 is 0 Å². The number of nitrogens with two attached hydrogens (primary N) is 2. The quantitative estimate of drug-likeness (QED) is 0.505. The van der Waals surface area contributed by atoms with Crippen molar-refractivity contribution in [2.24, 2.45) is 11.5 Å². The van der Waals surface area contributed by atoms with Crippen LogP contribution in [-0.4, -0.2) is 63.7 Å². The summed E-state index contributed by atoms with van der Waals surface area (Å²) in [5.74, 6) is 0.477. The third-order valence-electron chi connectivity index (χ3n) is 2.10. The van der Waals surface area contributed by atoms with E-state index in [4.69, 9.17) is 19.1 Å².